The predicted octanol–water partition coefficient (Wildman–Crippen LogP) is 4.82. The summed E-state index contributed by atoms with van der Waals surface area (Å²) >= 11 is 0. The molecule has 7 heteroatoms. The van der Waals surface area contributed by atoms with Crippen molar-refractivity contribution in [2.24, 2.45) is 17.8 Å². The highest BCUT2D eigenvalue weighted by atomic mass is 16.5. The summed E-state index contributed by atoms with van der Waals surface area (Å²) in [5, 5.41) is 10.3. The van der Waals surface area contributed by atoms with Crippen LogP contribution in [0.25, 0.3) is 11.6 Å². The number of imide groups is 3. The van der Waals surface area contributed by atoms with E-state index in [-0.39, 0.29) is 17.8 Å². The third kappa shape index (κ3) is 4.13. The number of methoxy groups -OCH3 is 1. The van der Waals surface area contributed by atoms with E-state index < -0.39 is 29.7 Å². The van der Waals surface area contributed by atoms with Crippen LogP contribution in [0.2, 0.25) is 0 Å². The monoisotopic (exact) mass is 487 g/mol. The van der Waals surface area contributed by atoms with E-state index in [2.05, 4.69) is 4.74 Å². The summed E-state index contributed by atoms with van der Waals surface area (Å²) in [6.45, 7) is 2.34. The number of phenolic OH excluding ortho intramolecular Hbond substituents is 1. The Bertz CT molecular complexity index is 1260. The molecule has 1 N–H and O–H groups in total. The number of rotatable bonds is 5. The maximum Gasteiger partial charge on any atom is 0.423 e. The van der Waals surface area contributed by atoms with Crippen LogP contribution in [0, 0.1) is 17.8 Å². The standard InChI is InChI=1S/C29H29NO6/c1-17-14-21-26(28(33)30(27(21)32)29(34)35-2)22-16-36-24(25(17)22)13-12-19(18-8-4-3-5-9-18)15-20-10-6-7-11-23(20)31/h3-11,15,21-22,24,26,31H,12-14,16H2,1-2H3/b19-15-/t21-,22+,24-,26-/m1/s1. The molecule has 7 nitrogen and oxygen atoms in total. The smallest absolute Gasteiger partial charge is 0.423 e. The second-order valence-corrected chi connectivity index (χ2v) is 9.62. The lowest BCUT2D eigenvalue weighted by Gasteiger charge is -2.30. The van der Waals surface area contributed by atoms with E-state index in [4.69, 9.17) is 4.74 Å². The van der Waals surface area contributed by atoms with Crippen LogP contribution < -0.4 is 0 Å². The Morgan fingerprint density at radius 2 is 1.81 bits per heavy atom. The van der Waals surface area contributed by atoms with Gasteiger partial charge in [0.2, 0.25) is 11.8 Å². The Kier molecular flexibility index (Phi) is 6.49. The van der Waals surface area contributed by atoms with Crippen LogP contribution in [0.4, 0.5) is 4.79 Å². The number of para-hydroxylation sites is 1. The SMILES string of the molecule is COC(=O)N1C(=O)[C@@H]2[C@@H](CC(C)=C3[C@@H](CC/C(=C/c4ccccc4O)c4ccccc4)OC[C@@H]32)C1=O. The molecule has 36 heavy (non-hydrogen) atoms. The third-order valence-electron chi connectivity index (χ3n) is 7.60. The van der Waals surface area contributed by atoms with Gasteiger partial charge in [-0.2, -0.15) is 4.90 Å². The molecule has 0 aromatic heterocycles. The molecule has 4 atom stereocenters. The zero-order valence-electron chi connectivity index (χ0n) is 20.3. The van der Waals surface area contributed by atoms with Gasteiger partial charge >= 0.3 is 6.09 Å². The largest absolute Gasteiger partial charge is 0.507 e. The van der Waals surface area contributed by atoms with E-state index in [1.165, 1.54) is 7.11 Å². The Labute approximate surface area is 210 Å². The Hall–Kier alpha value is -3.71. The van der Waals surface area contributed by atoms with Crippen molar-refractivity contribution in [3.63, 3.8) is 0 Å². The highest BCUT2D eigenvalue weighted by Gasteiger charge is 2.58. The first kappa shape index (κ1) is 24.0. The lowest BCUT2D eigenvalue weighted by atomic mass is 9.70. The lowest BCUT2D eigenvalue weighted by molar-refractivity contribution is -0.137. The number of likely N-dealkylation sites (tertiary alicyclic amines) is 1. The Morgan fingerprint density at radius 3 is 2.53 bits per heavy atom. The van der Waals surface area contributed by atoms with Gasteiger partial charge in [0.15, 0.2) is 0 Å². The number of nitrogens with zero attached hydrogens (tertiary/aromatic N) is 1. The van der Waals surface area contributed by atoms with E-state index in [9.17, 15) is 19.5 Å². The zero-order valence-corrected chi connectivity index (χ0v) is 20.3. The molecular formula is C29H29NO6. The quantitative estimate of drug-likeness (QED) is 0.369. The van der Waals surface area contributed by atoms with Crippen LogP contribution >= 0.6 is 0 Å². The molecule has 5 rings (SSSR count). The van der Waals surface area contributed by atoms with E-state index in [0.717, 1.165) is 27.8 Å². The van der Waals surface area contributed by atoms with Crippen LogP contribution in [0.1, 0.15) is 37.3 Å². The second kappa shape index (κ2) is 9.74. The number of fused-ring (bicyclic) bond motifs is 3. The minimum absolute atomic E-state index is 0.178. The van der Waals surface area contributed by atoms with Gasteiger partial charge in [0.1, 0.15) is 5.75 Å². The highest BCUT2D eigenvalue weighted by molar-refractivity contribution is 6.16. The van der Waals surface area contributed by atoms with Crippen molar-refractivity contribution in [2.75, 3.05) is 13.7 Å². The fraction of sp³-hybridized carbons (Fsp3) is 0.345. The fourth-order valence-electron chi connectivity index (χ4n) is 5.94. The summed E-state index contributed by atoms with van der Waals surface area (Å²) in [5.74, 6) is -2.10. The molecule has 2 aromatic carbocycles. The number of benzene rings is 2. The number of allylic oxidation sites excluding steroid dienone is 2. The molecule has 2 heterocycles. The van der Waals surface area contributed by atoms with Crippen molar-refractivity contribution in [2.45, 2.75) is 32.3 Å². The average molecular weight is 488 g/mol. The summed E-state index contributed by atoms with van der Waals surface area (Å²) < 4.78 is 10.9. The second-order valence-electron chi connectivity index (χ2n) is 9.62. The summed E-state index contributed by atoms with van der Waals surface area (Å²) in [4.78, 5) is 38.7. The number of hydrogen-bond donors (Lipinski definition) is 1. The Morgan fingerprint density at radius 1 is 1.08 bits per heavy atom. The van der Waals surface area contributed by atoms with Gasteiger partial charge in [-0.05, 0) is 55.0 Å². The van der Waals surface area contributed by atoms with E-state index in [1.54, 1.807) is 12.1 Å². The third-order valence-corrected chi connectivity index (χ3v) is 7.60. The van der Waals surface area contributed by atoms with Crippen LogP contribution in [0.3, 0.4) is 0 Å². The molecule has 0 radical (unpaired) electrons. The normalized spacial score (nSPS) is 25.7. The molecule has 2 aromatic rings. The molecule has 0 bridgehead atoms. The molecule has 1 aliphatic carbocycles. The topological polar surface area (TPSA) is 93.1 Å². The van der Waals surface area contributed by atoms with Crippen molar-refractivity contribution < 1.29 is 29.0 Å². The maximum atomic E-state index is 13.1. The van der Waals surface area contributed by atoms with Crippen molar-refractivity contribution >= 4 is 29.6 Å². The summed E-state index contributed by atoms with van der Waals surface area (Å²) in [6.07, 6.45) is 2.73. The summed E-state index contributed by atoms with van der Waals surface area (Å²) in [7, 11) is 1.17. The fourth-order valence-corrected chi connectivity index (χ4v) is 5.94. The number of carbonyl (C=O) groups is 3. The number of amides is 3. The first-order chi connectivity index (χ1) is 17.4. The van der Waals surface area contributed by atoms with E-state index >= 15 is 0 Å². The number of phenols is 1. The highest BCUT2D eigenvalue weighted by Crippen LogP contribution is 2.50. The minimum Gasteiger partial charge on any atom is -0.507 e. The van der Waals surface area contributed by atoms with Gasteiger partial charge in [-0.25, -0.2) is 4.79 Å². The van der Waals surface area contributed by atoms with Crippen LogP contribution in [-0.2, 0) is 19.1 Å². The molecule has 3 aliphatic rings. The molecule has 3 amide bonds. The number of carbonyl (C=O) groups excluding carboxylic acids is 3. The van der Waals surface area contributed by atoms with Gasteiger partial charge in [0.25, 0.3) is 0 Å². The minimum atomic E-state index is -0.920. The summed E-state index contributed by atoms with van der Waals surface area (Å²) in [6, 6.07) is 17.3. The molecule has 2 saturated heterocycles. The van der Waals surface area contributed by atoms with Gasteiger partial charge < -0.3 is 14.6 Å². The first-order valence-electron chi connectivity index (χ1n) is 12.2. The van der Waals surface area contributed by atoms with Gasteiger partial charge in [0, 0.05) is 11.5 Å². The molecular weight excluding hydrogens is 458 g/mol. The van der Waals surface area contributed by atoms with Crippen LogP contribution in [-0.4, -0.2) is 47.7 Å². The van der Waals surface area contributed by atoms with E-state index in [0.29, 0.717) is 30.8 Å². The van der Waals surface area contributed by atoms with Crippen molar-refractivity contribution in [1.82, 2.24) is 4.90 Å². The van der Waals surface area contributed by atoms with Crippen molar-refractivity contribution in [3.05, 3.63) is 76.9 Å². The lowest BCUT2D eigenvalue weighted by Crippen LogP contribution is -2.37. The number of aromatic hydroxyl groups is 1. The van der Waals surface area contributed by atoms with Crippen LogP contribution in [0.5, 0.6) is 5.75 Å². The molecule has 0 spiro atoms. The Balaban J connectivity index is 1.39. The van der Waals surface area contributed by atoms with Gasteiger partial charge in [-0.1, -0.05) is 54.1 Å². The first-order valence-corrected chi connectivity index (χ1v) is 12.2. The van der Waals surface area contributed by atoms with Gasteiger partial charge in [-0.3, -0.25) is 9.59 Å². The number of ether oxygens (including phenoxy) is 2. The van der Waals surface area contributed by atoms with Crippen LogP contribution in [0.15, 0.2) is 65.7 Å². The molecule has 0 saturated carbocycles. The molecule has 186 valence electrons. The zero-order chi connectivity index (χ0) is 25.4. The molecule has 0 unspecified atom stereocenters. The van der Waals surface area contributed by atoms with E-state index in [1.807, 2.05) is 55.5 Å². The molecule has 2 fully saturated rings. The summed E-state index contributed by atoms with van der Waals surface area (Å²) in [5.41, 5.74) is 5.02. The van der Waals surface area contributed by atoms with Crippen molar-refractivity contribution in [3.8, 4) is 5.75 Å². The predicted molar refractivity (Wildman–Crippen MR) is 133 cm³/mol. The van der Waals surface area contributed by atoms with Gasteiger partial charge in [0.05, 0.1) is 31.7 Å². The molecule has 2 aliphatic heterocycles. The van der Waals surface area contributed by atoms with Gasteiger partial charge in [-0.15, -0.1) is 0 Å². The van der Waals surface area contributed by atoms with Crippen molar-refractivity contribution in [1.29, 1.82) is 0 Å². The average Bonchev–Trinajstić information content (AvgIpc) is 3.42. The maximum absolute atomic E-state index is 13.1. The number of hydrogen-bond acceptors (Lipinski definition) is 6.